The number of pyridine rings is 1. The molecule has 16 heavy (non-hydrogen) atoms. The second kappa shape index (κ2) is 4.41. The van der Waals surface area contributed by atoms with Gasteiger partial charge in [-0.3, -0.25) is 4.79 Å². The third-order valence-electron chi connectivity index (χ3n) is 2.35. The quantitative estimate of drug-likeness (QED) is 0.810. The van der Waals surface area contributed by atoms with Crippen molar-refractivity contribution in [3.63, 3.8) is 0 Å². The number of nitrogens with two attached hydrogens (primary N) is 1. The molecular weight excluding hydrogens is 224 g/mol. The molecule has 2 rings (SSSR count). The molecule has 1 heterocycles. The van der Waals surface area contributed by atoms with Crippen LogP contribution in [0.25, 0.3) is 0 Å². The maximum absolute atomic E-state index is 11.5. The summed E-state index contributed by atoms with van der Waals surface area (Å²) in [7, 11) is 0. The van der Waals surface area contributed by atoms with Crippen molar-refractivity contribution >= 4 is 17.3 Å². The Labute approximate surface area is 98.1 Å². The van der Waals surface area contributed by atoms with Crippen molar-refractivity contribution in [3.05, 3.63) is 63.5 Å². The summed E-state index contributed by atoms with van der Waals surface area (Å²) < 4.78 is 1.60. The topological polar surface area (TPSA) is 48.0 Å². The zero-order chi connectivity index (χ0) is 11.5. The fraction of sp³-hybridized carbons (Fsp3) is 0.0833. The van der Waals surface area contributed by atoms with Crippen molar-refractivity contribution in [2.75, 3.05) is 5.73 Å². The summed E-state index contributed by atoms with van der Waals surface area (Å²) in [6, 6.07) is 10.3. The maximum atomic E-state index is 11.5. The third kappa shape index (κ3) is 2.25. The fourth-order valence-electron chi connectivity index (χ4n) is 1.48. The lowest BCUT2D eigenvalue weighted by Gasteiger charge is -2.08. The van der Waals surface area contributed by atoms with Crippen LogP contribution in [0.1, 0.15) is 5.56 Å². The summed E-state index contributed by atoms with van der Waals surface area (Å²) in [5.74, 6) is 0. The number of rotatable bonds is 2. The van der Waals surface area contributed by atoms with Gasteiger partial charge in [-0.1, -0.05) is 23.7 Å². The molecule has 0 aliphatic heterocycles. The Kier molecular flexibility index (Phi) is 2.97. The molecule has 0 amide bonds. The molecule has 0 aliphatic carbocycles. The van der Waals surface area contributed by atoms with Gasteiger partial charge in [0.15, 0.2) is 0 Å². The van der Waals surface area contributed by atoms with Crippen molar-refractivity contribution in [3.8, 4) is 0 Å². The number of hydrogen-bond donors (Lipinski definition) is 1. The van der Waals surface area contributed by atoms with Gasteiger partial charge in [0.25, 0.3) is 5.56 Å². The highest BCUT2D eigenvalue weighted by Crippen LogP contribution is 2.18. The molecule has 4 heteroatoms. The standard InChI is InChI=1S/C12H11ClN2O/c13-10-5-4-9(11(14)7-10)8-15-6-2-1-3-12(15)16/h1-7H,8,14H2. The molecule has 0 unspecified atom stereocenters. The first-order chi connectivity index (χ1) is 7.66. The maximum Gasteiger partial charge on any atom is 0.250 e. The van der Waals surface area contributed by atoms with E-state index in [-0.39, 0.29) is 5.56 Å². The van der Waals surface area contributed by atoms with E-state index in [4.69, 9.17) is 17.3 Å². The first-order valence-corrected chi connectivity index (χ1v) is 5.24. The molecule has 0 aliphatic rings. The van der Waals surface area contributed by atoms with E-state index < -0.39 is 0 Å². The molecular formula is C12H11ClN2O. The number of hydrogen-bond acceptors (Lipinski definition) is 2. The zero-order valence-corrected chi connectivity index (χ0v) is 9.32. The summed E-state index contributed by atoms with van der Waals surface area (Å²) in [4.78, 5) is 11.5. The number of nitrogens with zero attached hydrogens (tertiary/aromatic N) is 1. The molecule has 0 radical (unpaired) electrons. The van der Waals surface area contributed by atoms with E-state index in [1.54, 1.807) is 29.0 Å². The van der Waals surface area contributed by atoms with E-state index in [0.717, 1.165) is 5.56 Å². The predicted molar refractivity (Wildman–Crippen MR) is 65.7 cm³/mol. The monoisotopic (exact) mass is 234 g/mol. The number of anilines is 1. The van der Waals surface area contributed by atoms with E-state index in [1.165, 1.54) is 6.07 Å². The molecule has 0 saturated heterocycles. The largest absolute Gasteiger partial charge is 0.398 e. The molecule has 3 nitrogen and oxygen atoms in total. The van der Waals surface area contributed by atoms with Crippen LogP contribution in [0.15, 0.2) is 47.4 Å². The van der Waals surface area contributed by atoms with E-state index >= 15 is 0 Å². The van der Waals surface area contributed by atoms with Gasteiger partial charge in [-0.2, -0.15) is 0 Å². The minimum atomic E-state index is -0.0446. The van der Waals surface area contributed by atoms with Crippen molar-refractivity contribution < 1.29 is 0 Å². The first-order valence-electron chi connectivity index (χ1n) is 4.86. The summed E-state index contributed by atoms with van der Waals surface area (Å²) >= 11 is 5.80. The normalized spacial score (nSPS) is 10.3. The molecule has 2 aromatic rings. The predicted octanol–water partition coefficient (Wildman–Crippen LogP) is 2.13. The summed E-state index contributed by atoms with van der Waals surface area (Å²) in [5, 5.41) is 0.599. The highest BCUT2D eigenvalue weighted by molar-refractivity contribution is 6.30. The van der Waals surface area contributed by atoms with Gasteiger partial charge in [0.05, 0.1) is 6.54 Å². The van der Waals surface area contributed by atoms with E-state index in [1.807, 2.05) is 12.1 Å². The van der Waals surface area contributed by atoms with Crippen LogP contribution in [-0.2, 0) is 6.54 Å². The van der Waals surface area contributed by atoms with Crippen LogP contribution in [0, 0.1) is 0 Å². The minimum Gasteiger partial charge on any atom is -0.398 e. The van der Waals surface area contributed by atoms with Crippen LogP contribution in [-0.4, -0.2) is 4.57 Å². The van der Waals surface area contributed by atoms with Crippen LogP contribution < -0.4 is 11.3 Å². The van der Waals surface area contributed by atoms with Gasteiger partial charge < -0.3 is 10.3 Å². The van der Waals surface area contributed by atoms with Crippen molar-refractivity contribution in [2.24, 2.45) is 0 Å². The van der Waals surface area contributed by atoms with Gasteiger partial charge in [-0.25, -0.2) is 0 Å². The highest BCUT2D eigenvalue weighted by Gasteiger charge is 2.01. The summed E-state index contributed by atoms with van der Waals surface area (Å²) in [6.45, 7) is 0.461. The molecule has 1 aromatic heterocycles. The van der Waals surface area contributed by atoms with E-state index in [9.17, 15) is 4.79 Å². The Morgan fingerprint density at radius 3 is 2.75 bits per heavy atom. The molecule has 0 atom stereocenters. The number of benzene rings is 1. The van der Waals surface area contributed by atoms with Gasteiger partial charge >= 0.3 is 0 Å². The molecule has 0 bridgehead atoms. The van der Waals surface area contributed by atoms with Crippen molar-refractivity contribution in [2.45, 2.75) is 6.54 Å². The van der Waals surface area contributed by atoms with Crippen molar-refractivity contribution in [1.82, 2.24) is 4.57 Å². The number of nitrogen functional groups attached to an aromatic ring is 1. The average Bonchev–Trinajstić information content (AvgIpc) is 2.25. The summed E-state index contributed by atoms with van der Waals surface area (Å²) in [6.07, 6.45) is 1.73. The van der Waals surface area contributed by atoms with Crippen LogP contribution in [0.4, 0.5) is 5.69 Å². The fourth-order valence-corrected chi connectivity index (χ4v) is 1.67. The highest BCUT2D eigenvalue weighted by atomic mass is 35.5. The summed E-state index contributed by atoms with van der Waals surface area (Å²) in [5.41, 5.74) is 7.26. The molecule has 2 N–H and O–H groups in total. The average molecular weight is 235 g/mol. The Balaban J connectivity index is 2.35. The van der Waals surface area contributed by atoms with Crippen LogP contribution in [0.2, 0.25) is 5.02 Å². The van der Waals surface area contributed by atoms with Crippen LogP contribution in [0.5, 0.6) is 0 Å². The molecule has 1 aromatic carbocycles. The number of aromatic nitrogens is 1. The van der Waals surface area contributed by atoms with E-state index in [0.29, 0.717) is 17.3 Å². The Morgan fingerprint density at radius 2 is 2.06 bits per heavy atom. The van der Waals surface area contributed by atoms with E-state index in [2.05, 4.69) is 0 Å². The van der Waals surface area contributed by atoms with Gasteiger partial charge in [0.1, 0.15) is 0 Å². The second-order valence-corrected chi connectivity index (χ2v) is 3.95. The van der Waals surface area contributed by atoms with Crippen molar-refractivity contribution in [1.29, 1.82) is 0 Å². The zero-order valence-electron chi connectivity index (χ0n) is 8.56. The number of halogens is 1. The lowest BCUT2D eigenvalue weighted by atomic mass is 10.2. The van der Waals surface area contributed by atoms with Gasteiger partial charge in [0, 0.05) is 23.0 Å². The van der Waals surface area contributed by atoms with Crippen LogP contribution in [0.3, 0.4) is 0 Å². The van der Waals surface area contributed by atoms with Crippen LogP contribution >= 0.6 is 11.6 Å². The molecule has 0 fully saturated rings. The lowest BCUT2D eigenvalue weighted by Crippen LogP contribution is -2.18. The third-order valence-corrected chi connectivity index (χ3v) is 2.58. The van der Waals surface area contributed by atoms with Gasteiger partial charge in [-0.15, -0.1) is 0 Å². The lowest BCUT2D eigenvalue weighted by molar-refractivity contribution is 0.761. The first kappa shape index (κ1) is 10.8. The smallest absolute Gasteiger partial charge is 0.250 e. The molecule has 82 valence electrons. The van der Waals surface area contributed by atoms with Gasteiger partial charge in [-0.05, 0) is 23.8 Å². The minimum absolute atomic E-state index is 0.0446. The molecule has 0 spiro atoms. The Bertz CT molecular complexity index is 563. The molecule has 0 saturated carbocycles. The van der Waals surface area contributed by atoms with Gasteiger partial charge in [0.2, 0.25) is 0 Å². The Hall–Kier alpha value is -1.74. The SMILES string of the molecule is Nc1cc(Cl)ccc1Cn1ccccc1=O. The second-order valence-electron chi connectivity index (χ2n) is 3.51. The Morgan fingerprint density at radius 1 is 1.25 bits per heavy atom.